The van der Waals surface area contributed by atoms with Crippen molar-refractivity contribution in [3.05, 3.63) is 58.3 Å². The molecule has 2 nitrogen and oxygen atoms in total. The molecule has 0 radical (unpaired) electrons. The molecular weight excluding hydrogens is 237 g/mol. The number of rotatable bonds is 1. The van der Waals surface area contributed by atoms with Gasteiger partial charge in [0, 0.05) is 16.2 Å². The Bertz CT molecular complexity index is 584. The molecule has 0 unspecified atom stereocenters. The Labute approximate surface area is 102 Å². The van der Waals surface area contributed by atoms with Crippen molar-refractivity contribution in [3.8, 4) is 0 Å². The number of carbonyl (C=O) groups excluding carboxylic acids is 1. The molecule has 0 bridgehead atoms. The van der Waals surface area contributed by atoms with Crippen LogP contribution in [0, 0.1) is 5.82 Å². The van der Waals surface area contributed by atoms with E-state index in [1.807, 2.05) is 12.2 Å². The zero-order valence-corrected chi connectivity index (χ0v) is 9.63. The van der Waals surface area contributed by atoms with E-state index in [9.17, 15) is 9.18 Å². The molecule has 4 heteroatoms. The monoisotopic (exact) mass is 245 g/mol. The lowest BCUT2D eigenvalue weighted by atomic mass is 10.0. The number of nitrogens with zero attached hydrogens (tertiary/aromatic N) is 1. The molecule has 0 aliphatic carbocycles. The lowest BCUT2D eigenvalue weighted by Gasteiger charge is -2.10. The molecule has 0 aromatic heterocycles. The standard InChI is InChI=1S/C13H8FNOS/c14-9-3-1-8(2-4-9)11-7-12-10(5-6-17-12)13(16)15-11/h1-5,7H,6H2. The fraction of sp³-hybridized carbons (Fsp3) is 0.0769. The summed E-state index contributed by atoms with van der Waals surface area (Å²) in [5, 5.41) is 0. The lowest BCUT2D eigenvalue weighted by molar-refractivity contribution is -0.114. The topological polar surface area (TPSA) is 29.4 Å². The summed E-state index contributed by atoms with van der Waals surface area (Å²) in [6.45, 7) is 0. The van der Waals surface area contributed by atoms with Gasteiger partial charge in [0.05, 0.1) is 11.3 Å². The van der Waals surface area contributed by atoms with Crippen molar-refractivity contribution >= 4 is 23.4 Å². The maximum absolute atomic E-state index is 12.8. The van der Waals surface area contributed by atoms with Crippen LogP contribution in [-0.2, 0) is 4.79 Å². The van der Waals surface area contributed by atoms with Crippen LogP contribution in [0.2, 0.25) is 0 Å². The smallest absolute Gasteiger partial charge is 0.267 e. The van der Waals surface area contributed by atoms with E-state index in [1.54, 1.807) is 23.9 Å². The number of halogens is 1. The molecule has 17 heavy (non-hydrogen) atoms. The molecule has 1 aromatic carbocycles. The first-order valence-corrected chi connectivity index (χ1v) is 6.16. The van der Waals surface area contributed by atoms with Crippen molar-refractivity contribution in [2.75, 3.05) is 5.75 Å². The molecule has 84 valence electrons. The van der Waals surface area contributed by atoms with Crippen LogP contribution in [0.4, 0.5) is 4.39 Å². The van der Waals surface area contributed by atoms with E-state index in [0.717, 1.165) is 16.2 Å². The highest BCUT2D eigenvalue weighted by Gasteiger charge is 2.24. The first-order chi connectivity index (χ1) is 8.24. The Morgan fingerprint density at radius 2 is 2.00 bits per heavy atom. The van der Waals surface area contributed by atoms with Crippen molar-refractivity contribution in [3.63, 3.8) is 0 Å². The molecule has 1 aromatic rings. The predicted molar refractivity (Wildman–Crippen MR) is 66.6 cm³/mol. The second-order valence-corrected chi connectivity index (χ2v) is 4.81. The van der Waals surface area contributed by atoms with E-state index in [1.165, 1.54) is 12.1 Å². The highest BCUT2D eigenvalue weighted by Crippen LogP contribution is 2.34. The molecule has 2 aliphatic rings. The van der Waals surface area contributed by atoms with Gasteiger partial charge in [-0.1, -0.05) is 6.08 Å². The number of hydrogen-bond donors (Lipinski definition) is 0. The summed E-state index contributed by atoms with van der Waals surface area (Å²) in [6, 6.07) is 6.00. The van der Waals surface area contributed by atoms with Crippen molar-refractivity contribution in [2.24, 2.45) is 4.99 Å². The second kappa shape index (κ2) is 3.96. The number of amides is 1. The van der Waals surface area contributed by atoms with E-state index in [-0.39, 0.29) is 11.7 Å². The molecule has 2 heterocycles. The van der Waals surface area contributed by atoms with Crippen molar-refractivity contribution in [2.45, 2.75) is 0 Å². The second-order valence-electron chi connectivity index (χ2n) is 3.75. The molecule has 1 amide bonds. The van der Waals surface area contributed by atoms with E-state index in [0.29, 0.717) is 11.3 Å². The van der Waals surface area contributed by atoms with Crippen molar-refractivity contribution in [1.82, 2.24) is 0 Å². The van der Waals surface area contributed by atoms with Crippen LogP contribution >= 0.6 is 11.8 Å². The SMILES string of the molecule is O=C1N=C(c2ccc(F)cc2)C=C2SCC=C12. The van der Waals surface area contributed by atoms with Crippen molar-refractivity contribution < 1.29 is 9.18 Å². The minimum atomic E-state index is -0.292. The highest BCUT2D eigenvalue weighted by atomic mass is 32.2. The van der Waals surface area contributed by atoms with Gasteiger partial charge < -0.3 is 0 Å². The van der Waals surface area contributed by atoms with E-state index in [2.05, 4.69) is 4.99 Å². The van der Waals surface area contributed by atoms with Gasteiger partial charge in [-0.15, -0.1) is 11.8 Å². The molecule has 2 aliphatic heterocycles. The number of hydrogen-bond acceptors (Lipinski definition) is 2. The van der Waals surface area contributed by atoms with Gasteiger partial charge in [-0.2, -0.15) is 0 Å². The number of dihydropyridines is 1. The van der Waals surface area contributed by atoms with Gasteiger partial charge in [0.15, 0.2) is 0 Å². The zero-order valence-electron chi connectivity index (χ0n) is 8.81. The summed E-state index contributed by atoms with van der Waals surface area (Å²) >= 11 is 1.62. The minimum Gasteiger partial charge on any atom is -0.267 e. The van der Waals surface area contributed by atoms with Gasteiger partial charge in [-0.3, -0.25) is 4.79 Å². The van der Waals surface area contributed by atoms with Crippen LogP contribution in [0.25, 0.3) is 0 Å². The number of thioether (sulfide) groups is 1. The van der Waals surface area contributed by atoms with Crippen molar-refractivity contribution in [1.29, 1.82) is 0 Å². The largest absolute Gasteiger partial charge is 0.278 e. The molecule has 0 atom stereocenters. The third-order valence-electron chi connectivity index (χ3n) is 2.65. The summed E-state index contributed by atoms with van der Waals surface area (Å²) < 4.78 is 12.8. The van der Waals surface area contributed by atoms with Gasteiger partial charge in [0.1, 0.15) is 5.82 Å². The van der Waals surface area contributed by atoms with Crippen LogP contribution in [0.1, 0.15) is 5.56 Å². The Hall–Kier alpha value is -1.68. The predicted octanol–water partition coefficient (Wildman–Crippen LogP) is 2.71. The Balaban J connectivity index is 2.03. The number of fused-ring (bicyclic) bond motifs is 1. The Kier molecular flexibility index (Phi) is 2.44. The van der Waals surface area contributed by atoms with Crippen LogP contribution < -0.4 is 0 Å². The third-order valence-corrected chi connectivity index (χ3v) is 3.63. The number of allylic oxidation sites excluding steroid dienone is 1. The van der Waals surface area contributed by atoms with E-state index in [4.69, 9.17) is 0 Å². The van der Waals surface area contributed by atoms with Gasteiger partial charge in [0.2, 0.25) is 0 Å². The Morgan fingerprint density at radius 3 is 2.76 bits per heavy atom. The van der Waals surface area contributed by atoms with Gasteiger partial charge in [-0.05, 0) is 30.3 Å². The molecule has 0 fully saturated rings. The first kappa shape index (κ1) is 10.5. The molecular formula is C13H8FNOS. The fourth-order valence-electron chi connectivity index (χ4n) is 1.80. The quantitative estimate of drug-likeness (QED) is 0.761. The normalized spacial score (nSPS) is 18.4. The third kappa shape index (κ3) is 1.85. The van der Waals surface area contributed by atoms with Gasteiger partial charge >= 0.3 is 0 Å². The van der Waals surface area contributed by atoms with Crippen LogP contribution in [0.15, 0.2) is 51.9 Å². The van der Waals surface area contributed by atoms with Gasteiger partial charge in [-0.25, -0.2) is 9.38 Å². The summed E-state index contributed by atoms with van der Waals surface area (Å²) in [5.74, 6) is 0.325. The van der Waals surface area contributed by atoms with Crippen LogP contribution in [0.3, 0.4) is 0 Å². The maximum Gasteiger partial charge on any atom is 0.278 e. The number of carbonyl (C=O) groups is 1. The maximum atomic E-state index is 12.8. The number of aliphatic imine (C=N–C) groups is 1. The van der Waals surface area contributed by atoms with Crippen LogP contribution in [-0.4, -0.2) is 17.4 Å². The highest BCUT2D eigenvalue weighted by molar-refractivity contribution is 8.03. The molecule has 0 N–H and O–H groups in total. The molecule has 0 saturated carbocycles. The van der Waals surface area contributed by atoms with Gasteiger partial charge in [0.25, 0.3) is 5.91 Å². The molecule has 3 rings (SSSR count). The summed E-state index contributed by atoms with van der Waals surface area (Å²) in [7, 11) is 0. The Morgan fingerprint density at radius 1 is 1.24 bits per heavy atom. The average Bonchev–Trinajstić information content (AvgIpc) is 2.78. The molecule has 0 saturated heterocycles. The average molecular weight is 245 g/mol. The first-order valence-electron chi connectivity index (χ1n) is 5.18. The van der Waals surface area contributed by atoms with E-state index < -0.39 is 0 Å². The summed E-state index contributed by atoms with van der Waals surface area (Å²) in [6.07, 6.45) is 3.78. The summed E-state index contributed by atoms with van der Waals surface area (Å²) in [5.41, 5.74) is 2.07. The number of benzene rings is 1. The molecule has 0 spiro atoms. The van der Waals surface area contributed by atoms with E-state index >= 15 is 0 Å². The minimum absolute atomic E-state index is 0.202. The fourth-order valence-corrected chi connectivity index (χ4v) is 2.75. The van der Waals surface area contributed by atoms with Crippen LogP contribution in [0.5, 0.6) is 0 Å². The zero-order chi connectivity index (χ0) is 11.8. The summed E-state index contributed by atoms with van der Waals surface area (Å²) in [4.78, 5) is 16.7. The lowest BCUT2D eigenvalue weighted by Crippen LogP contribution is -2.11.